The van der Waals surface area contributed by atoms with Crippen molar-refractivity contribution in [3.63, 3.8) is 0 Å². The van der Waals surface area contributed by atoms with Gasteiger partial charge in [-0.25, -0.2) is 0 Å². The average molecular weight is 849 g/mol. The lowest BCUT2D eigenvalue weighted by Crippen LogP contribution is -2.30. The number of carbonyl (C=O) groups excluding carboxylic acids is 3. The quantitative estimate of drug-likeness (QED) is 0.0345. The smallest absolute Gasteiger partial charge is 0.306 e. The van der Waals surface area contributed by atoms with Crippen molar-refractivity contribution in [2.24, 2.45) is 17.8 Å². The van der Waals surface area contributed by atoms with Crippen LogP contribution < -0.4 is 0 Å². The van der Waals surface area contributed by atoms with E-state index in [-0.39, 0.29) is 31.1 Å². The van der Waals surface area contributed by atoms with E-state index >= 15 is 0 Å². The van der Waals surface area contributed by atoms with Crippen LogP contribution in [-0.2, 0) is 28.6 Å². The van der Waals surface area contributed by atoms with E-state index in [4.69, 9.17) is 14.2 Å². The topological polar surface area (TPSA) is 78.9 Å². The second-order valence-corrected chi connectivity index (χ2v) is 19.9. The van der Waals surface area contributed by atoms with Gasteiger partial charge in [0, 0.05) is 19.3 Å². The Balaban J connectivity index is 4.29. The van der Waals surface area contributed by atoms with E-state index in [1.807, 2.05) is 0 Å². The van der Waals surface area contributed by atoms with Gasteiger partial charge in [-0.05, 0) is 37.0 Å². The maximum absolute atomic E-state index is 12.8. The van der Waals surface area contributed by atoms with Crippen LogP contribution in [0.3, 0.4) is 0 Å². The molecule has 0 rings (SSSR count). The van der Waals surface area contributed by atoms with Crippen LogP contribution in [0, 0.1) is 17.8 Å². The molecule has 0 heterocycles. The molecule has 356 valence electrons. The molecule has 6 heteroatoms. The van der Waals surface area contributed by atoms with Gasteiger partial charge in [0.15, 0.2) is 6.10 Å². The summed E-state index contributed by atoms with van der Waals surface area (Å²) in [5, 5.41) is 0. The molecule has 0 N–H and O–H groups in total. The summed E-state index contributed by atoms with van der Waals surface area (Å²) in [6.45, 7) is 13.7. The van der Waals surface area contributed by atoms with Gasteiger partial charge in [0.25, 0.3) is 0 Å². The highest BCUT2D eigenvalue weighted by atomic mass is 16.6. The molecule has 0 saturated heterocycles. The summed E-state index contributed by atoms with van der Waals surface area (Å²) in [6.07, 6.45) is 45.2. The maximum Gasteiger partial charge on any atom is 0.306 e. The molecule has 0 aromatic carbocycles. The molecule has 0 unspecified atom stereocenters. The Hall–Kier alpha value is -1.59. The summed E-state index contributed by atoms with van der Waals surface area (Å²) in [6, 6.07) is 0. The highest BCUT2D eigenvalue weighted by Crippen LogP contribution is 2.18. The molecule has 0 aromatic heterocycles. The summed E-state index contributed by atoms with van der Waals surface area (Å²) in [5.41, 5.74) is 0. The van der Waals surface area contributed by atoms with E-state index in [0.717, 1.165) is 75.5 Å². The van der Waals surface area contributed by atoms with Crippen LogP contribution in [0.5, 0.6) is 0 Å². The first-order chi connectivity index (χ1) is 29.1. The third-order valence-electron chi connectivity index (χ3n) is 12.1. The molecule has 0 aliphatic rings. The molecule has 0 spiro atoms. The Bertz CT molecular complexity index is 929. The number of ether oxygens (including phenoxy) is 3. The molecule has 0 radical (unpaired) electrons. The third kappa shape index (κ3) is 47.5. The third-order valence-corrected chi connectivity index (χ3v) is 12.1. The fourth-order valence-electron chi connectivity index (χ4n) is 8.12. The van der Waals surface area contributed by atoms with Gasteiger partial charge in [-0.2, -0.15) is 0 Å². The van der Waals surface area contributed by atoms with Gasteiger partial charge in [-0.15, -0.1) is 0 Å². The molecule has 60 heavy (non-hydrogen) atoms. The lowest BCUT2D eigenvalue weighted by atomic mass is 10.0. The van der Waals surface area contributed by atoms with Crippen molar-refractivity contribution >= 4 is 17.9 Å². The lowest BCUT2D eigenvalue weighted by Gasteiger charge is -2.18. The first kappa shape index (κ1) is 58.4. The highest BCUT2D eigenvalue weighted by Gasteiger charge is 2.19. The van der Waals surface area contributed by atoms with Crippen molar-refractivity contribution in [3.05, 3.63) is 0 Å². The van der Waals surface area contributed by atoms with Crippen LogP contribution >= 0.6 is 0 Å². The molecule has 0 aromatic rings. The molecule has 1 atom stereocenters. The van der Waals surface area contributed by atoms with Gasteiger partial charge < -0.3 is 14.2 Å². The SMILES string of the molecule is CC(C)CCCCCCCCCCCCCCCC(=O)OC[C@H](COC(=O)CCCCCCCCCCCCCCC(C)C)OC(=O)CCCCCCCCCCC(C)C. The fourth-order valence-corrected chi connectivity index (χ4v) is 8.12. The van der Waals surface area contributed by atoms with Gasteiger partial charge in [0.2, 0.25) is 0 Å². The van der Waals surface area contributed by atoms with Gasteiger partial charge in [0.05, 0.1) is 0 Å². The second kappa shape index (κ2) is 45.4. The summed E-state index contributed by atoms with van der Waals surface area (Å²) in [7, 11) is 0. The Morgan fingerprint density at radius 3 is 0.717 bits per heavy atom. The van der Waals surface area contributed by atoms with Crippen LogP contribution in [-0.4, -0.2) is 37.2 Å². The van der Waals surface area contributed by atoms with Gasteiger partial charge in [-0.3, -0.25) is 14.4 Å². The predicted molar refractivity (Wildman–Crippen MR) is 256 cm³/mol. The van der Waals surface area contributed by atoms with Crippen molar-refractivity contribution in [1.82, 2.24) is 0 Å². The standard InChI is InChI=1S/C54H104O6/c1-48(2)40-34-28-22-16-12-8-7-9-14-18-25-31-37-43-52(55)58-46-51(60-54(57)45-39-33-27-21-20-24-30-36-42-50(5)6)47-59-53(56)44-38-32-26-19-15-11-10-13-17-23-29-35-41-49(3)4/h48-51H,7-47H2,1-6H3/t51-/m1/s1. The van der Waals surface area contributed by atoms with Crippen LogP contribution in [0.25, 0.3) is 0 Å². The Labute approximate surface area is 374 Å². The van der Waals surface area contributed by atoms with Crippen LogP contribution in [0.4, 0.5) is 0 Å². The molecule has 0 amide bonds. The highest BCUT2D eigenvalue weighted by molar-refractivity contribution is 5.71. The van der Waals surface area contributed by atoms with Gasteiger partial charge in [0.1, 0.15) is 13.2 Å². The van der Waals surface area contributed by atoms with Gasteiger partial charge >= 0.3 is 17.9 Å². The summed E-state index contributed by atoms with van der Waals surface area (Å²) >= 11 is 0. The largest absolute Gasteiger partial charge is 0.462 e. The molecule has 0 saturated carbocycles. The summed E-state index contributed by atoms with van der Waals surface area (Å²) < 4.78 is 16.8. The lowest BCUT2D eigenvalue weighted by molar-refractivity contribution is -0.167. The number of rotatable bonds is 47. The minimum Gasteiger partial charge on any atom is -0.462 e. The number of hydrogen-bond donors (Lipinski definition) is 0. The average Bonchev–Trinajstić information content (AvgIpc) is 3.20. The number of hydrogen-bond acceptors (Lipinski definition) is 6. The number of carbonyl (C=O) groups is 3. The normalized spacial score (nSPS) is 12.2. The van der Waals surface area contributed by atoms with E-state index in [1.165, 1.54) is 173 Å². The van der Waals surface area contributed by atoms with Crippen molar-refractivity contribution < 1.29 is 28.6 Å². The number of unbranched alkanes of at least 4 members (excludes halogenated alkanes) is 30. The zero-order valence-corrected chi connectivity index (χ0v) is 41.3. The summed E-state index contributed by atoms with van der Waals surface area (Å²) in [4.78, 5) is 38.0. The predicted octanol–water partition coefficient (Wildman–Crippen LogP) is 17.2. The maximum atomic E-state index is 12.8. The molecule has 0 aliphatic heterocycles. The van der Waals surface area contributed by atoms with Crippen LogP contribution in [0.2, 0.25) is 0 Å². The molecule has 0 aliphatic carbocycles. The number of esters is 3. The fraction of sp³-hybridized carbons (Fsp3) is 0.944. The minimum absolute atomic E-state index is 0.0647. The van der Waals surface area contributed by atoms with E-state index in [2.05, 4.69) is 41.5 Å². The minimum atomic E-state index is -0.763. The summed E-state index contributed by atoms with van der Waals surface area (Å²) in [5.74, 6) is 1.61. The van der Waals surface area contributed by atoms with Crippen LogP contribution in [0.1, 0.15) is 292 Å². The van der Waals surface area contributed by atoms with Crippen molar-refractivity contribution in [2.75, 3.05) is 13.2 Å². The van der Waals surface area contributed by atoms with Crippen molar-refractivity contribution in [1.29, 1.82) is 0 Å². The van der Waals surface area contributed by atoms with Gasteiger partial charge in [-0.1, -0.05) is 253 Å². The molecule has 0 bridgehead atoms. The zero-order valence-electron chi connectivity index (χ0n) is 41.3. The Morgan fingerprint density at radius 1 is 0.283 bits per heavy atom. The van der Waals surface area contributed by atoms with Crippen molar-refractivity contribution in [2.45, 2.75) is 298 Å². The van der Waals surface area contributed by atoms with E-state index < -0.39 is 6.10 Å². The van der Waals surface area contributed by atoms with E-state index in [9.17, 15) is 14.4 Å². The van der Waals surface area contributed by atoms with E-state index in [1.54, 1.807) is 0 Å². The monoisotopic (exact) mass is 849 g/mol. The molecule has 6 nitrogen and oxygen atoms in total. The molecular formula is C54H104O6. The molecule has 0 fully saturated rings. The second-order valence-electron chi connectivity index (χ2n) is 19.9. The molecular weight excluding hydrogens is 745 g/mol. The van der Waals surface area contributed by atoms with Crippen LogP contribution in [0.15, 0.2) is 0 Å². The Morgan fingerprint density at radius 2 is 0.483 bits per heavy atom. The first-order valence-electron chi connectivity index (χ1n) is 26.6. The zero-order chi connectivity index (χ0) is 44.2. The Kier molecular flexibility index (Phi) is 44.2. The first-order valence-corrected chi connectivity index (χ1v) is 26.6. The van der Waals surface area contributed by atoms with E-state index in [0.29, 0.717) is 19.3 Å². The van der Waals surface area contributed by atoms with Crippen molar-refractivity contribution in [3.8, 4) is 0 Å².